The number of carbonyl (C=O) groups is 1. The molecule has 1 atom stereocenters. The molecule has 3 rings (SSSR count). The average Bonchev–Trinajstić information content (AvgIpc) is 2.56. The molecule has 0 heterocycles. The number of Topliss-reactive ketones (excluding diaryl/α,β-unsaturated/α-hetero) is 1. The van der Waals surface area contributed by atoms with Crippen molar-refractivity contribution >= 4 is 11.5 Å². The monoisotopic (exact) mass is 281 g/mol. The molecule has 2 aromatic carbocycles. The van der Waals surface area contributed by atoms with Crippen LogP contribution in [0.3, 0.4) is 0 Å². The van der Waals surface area contributed by atoms with Gasteiger partial charge in [0, 0.05) is 6.42 Å². The first-order chi connectivity index (χ1) is 10.3. The van der Waals surface area contributed by atoms with Crippen LogP contribution < -0.4 is 5.48 Å². The van der Waals surface area contributed by atoms with Crippen LogP contribution in [-0.2, 0) is 15.2 Å². The fourth-order valence-corrected chi connectivity index (χ4v) is 2.83. The third kappa shape index (κ3) is 2.83. The molecule has 0 spiro atoms. The summed E-state index contributed by atoms with van der Waals surface area (Å²) >= 11 is 0. The topological polar surface area (TPSA) is 38.3 Å². The lowest BCUT2D eigenvalue weighted by atomic mass is 9.78. The highest BCUT2D eigenvalue weighted by molar-refractivity contribution is 5.89. The van der Waals surface area contributed by atoms with E-state index in [2.05, 4.69) is 5.48 Å². The zero-order valence-corrected chi connectivity index (χ0v) is 11.9. The molecule has 2 aromatic rings. The van der Waals surface area contributed by atoms with Crippen LogP contribution in [0.2, 0.25) is 0 Å². The van der Waals surface area contributed by atoms with Gasteiger partial charge in [-0.3, -0.25) is 15.1 Å². The Labute approximate surface area is 124 Å². The van der Waals surface area contributed by atoms with Crippen molar-refractivity contribution in [2.75, 3.05) is 5.48 Å². The van der Waals surface area contributed by atoms with Gasteiger partial charge < -0.3 is 0 Å². The minimum atomic E-state index is -0.866. The molecular formula is C18H19NO2. The van der Waals surface area contributed by atoms with Crippen LogP contribution in [0.5, 0.6) is 0 Å². The molecule has 3 nitrogen and oxygen atoms in total. The maximum Gasteiger partial charge on any atom is 0.179 e. The number of hydrogen-bond donors (Lipinski definition) is 1. The SMILES string of the molecule is O=C1CCCC[C@]1(ONc1ccccc1)c1ccccc1. The van der Waals surface area contributed by atoms with Gasteiger partial charge in [-0.15, -0.1) is 0 Å². The number of ketones is 1. The van der Waals surface area contributed by atoms with Crippen LogP contribution in [0.4, 0.5) is 5.69 Å². The normalized spacial score (nSPS) is 22.0. The van der Waals surface area contributed by atoms with Crippen LogP contribution in [0.1, 0.15) is 31.2 Å². The van der Waals surface area contributed by atoms with Crippen LogP contribution in [0, 0.1) is 0 Å². The summed E-state index contributed by atoms with van der Waals surface area (Å²) in [7, 11) is 0. The molecule has 108 valence electrons. The van der Waals surface area contributed by atoms with E-state index >= 15 is 0 Å². The van der Waals surface area contributed by atoms with Crippen molar-refractivity contribution in [3.05, 3.63) is 66.2 Å². The fraction of sp³-hybridized carbons (Fsp3) is 0.278. The summed E-state index contributed by atoms with van der Waals surface area (Å²) < 4.78 is 0. The first-order valence-corrected chi connectivity index (χ1v) is 7.39. The fourth-order valence-electron chi connectivity index (χ4n) is 2.83. The second-order valence-corrected chi connectivity index (χ2v) is 5.39. The molecule has 0 amide bonds. The second-order valence-electron chi connectivity index (χ2n) is 5.39. The lowest BCUT2D eigenvalue weighted by Gasteiger charge is -2.35. The van der Waals surface area contributed by atoms with Gasteiger partial charge in [0.1, 0.15) is 0 Å². The van der Waals surface area contributed by atoms with Crippen molar-refractivity contribution in [3.8, 4) is 0 Å². The predicted molar refractivity (Wildman–Crippen MR) is 82.7 cm³/mol. The minimum Gasteiger partial charge on any atom is -0.296 e. The first-order valence-electron chi connectivity index (χ1n) is 7.39. The molecular weight excluding hydrogens is 262 g/mol. The number of rotatable bonds is 4. The van der Waals surface area contributed by atoms with Gasteiger partial charge in [0.05, 0.1) is 5.69 Å². The highest BCUT2D eigenvalue weighted by Crippen LogP contribution is 2.38. The summed E-state index contributed by atoms with van der Waals surface area (Å²) in [6.45, 7) is 0. The minimum absolute atomic E-state index is 0.156. The van der Waals surface area contributed by atoms with E-state index in [4.69, 9.17) is 4.84 Å². The van der Waals surface area contributed by atoms with E-state index in [0.29, 0.717) is 6.42 Å². The molecule has 3 heteroatoms. The van der Waals surface area contributed by atoms with Crippen LogP contribution in [-0.4, -0.2) is 5.78 Å². The maximum atomic E-state index is 12.6. The third-order valence-corrected chi connectivity index (χ3v) is 3.99. The summed E-state index contributed by atoms with van der Waals surface area (Å²) in [5.41, 5.74) is 3.88. The molecule has 1 aliphatic carbocycles. The molecule has 0 aromatic heterocycles. The number of carbonyl (C=O) groups excluding carboxylic acids is 1. The standard InChI is InChI=1S/C18H19NO2/c20-17-13-7-8-14-18(17,15-9-3-1-4-10-15)21-19-16-11-5-2-6-12-16/h1-6,9-12,19H,7-8,13-14H2/t18-/m0/s1. The molecule has 1 aliphatic rings. The molecule has 0 radical (unpaired) electrons. The van der Waals surface area contributed by atoms with E-state index in [1.807, 2.05) is 60.7 Å². The number of para-hydroxylation sites is 1. The van der Waals surface area contributed by atoms with Crippen LogP contribution in [0.15, 0.2) is 60.7 Å². The Balaban J connectivity index is 1.88. The van der Waals surface area contributed by atoms with Gasteiger partial charge in [0.2, 0.25) is 0 Å². The molecule has 1 N–H and O–H groups in total. The maximum absolute atomic E-state index is 12.6. The van der Waals surface area contributed by atoms with Crippen molar-refractivity contribution in [1.29, 1.82) is 0 Å². The molecule has 0 saturated heterocycles. The molecule has 1 saturated carbocycles. The quantitative estimate of drug-likeness (QED) is 0.859. The Morgan fingerprint density at radius 1 is 0.905 bits per heavy atom. The van der Waals surface area contributed by atoms with Gasteiger partial charge in [0.25, 0.3) is 0 Å². The zero-order chi connectivity index (χ0) is 14.5. The van der Waals surface area contributed by atoms with Gasteiger partial charge in [-0.1, -0.05) is 48.5 Å². The molecule has 0 aliphatic heterocycles. The predicted octanol–water partition coefficient (Wildman–Crippen LogP) is 4.07. The highest BCUT2D eigenvalue weighted by atomic mass is 16.7. The summed E-state index contributed by atoms with van der Waals surface area (Å²) in [5.74, 6) is 0.156. The average molecular weight is 281 g/mol. The molecule has 0 unspecified atom stereocenters. The van der Waals surface area contributed by atoms with Crippen molar-refractivity contribution in [2.45, 2.75) is 31.3 Å². The second kappa shape index (κ2) is 6.10. The van der Waals surface area contributed by atoms with Crippen molar-refractivity contribution in [2.24, 2.45) is 0 Å². The Morgan fingerprint density at radius 2 is 1.57 bits per heavy atom. The summed E-state index contributed by atoms with van der Waals surface area (Å²) in [5, 5.41) is 0. The Hall–Kier alpha value is -2.13. The number of hydrogen-bond acceptors (Lipinski definition) is 3. The van der Waals surface area contributed by atoms with Crippen molar-refractivity contribution < 1.29 is 9.63 Å². The zero-order valence-electron chi connectivity index (χ0n) is 11.9. The van der Waals surface area contributed by atoms with Crippen molar-refractivity contribution in [3.63, 3.8) is 0 Å². The number of benzene rings is 2. The lowest BCUT2D eigenvalue weighted by molar-refractivity contribution is -0.146. The van der Waals surface area contributed by atoms with Gasteiger partial charge in [0.15, 0.2) is 11.4 Å². The summed E-state index contributed by atoms with van der Waals surface area (Å²) in [6, 6.07) is 19.5. The number of anilines is 1. The Morgan fingerprint density at radius 3 is 2.24 bits per heavy atom. The molecule has 0 bridgehead atoms. The smallest absolute Gasteiger partial charge is 0.179 e. The molecule has 21 heavy (non-hydrogen) atoms. The number of nitrogens with one attached hydrogen (secondary N) is 1. The van der Waals surface area contributed by atoms with E-state index in [-0.39, 0.29) is 5.78 Å². The van der Waals surface area contributed by atoms with Gasteiger partial charge >= 0.3 is 0 Å². The van der Waals surface area contributed by atoms with E-state index in [9.17, 15) is 4.79 Å². The lowest BCUT2D eigenvalue weighted by Crippen LogP contribution is -2.42. The van der Waals surface area contributed by atoms with E-state index in [1.54, 1.807) is 0 Å². The summed E-state index contributed by atoms with van der Waals surface area (Å²) in [6.07, 6.45) is 3.24. The van der Waals surface area contributed by atoms with Gasteiger partial charge in [-0.05, 0) is 37.0 Å². The van der Waals surface area contributed by atoms with E-state index in [0.717, 1.165) is 30.5 Å². The van der Waals surface area contributed by atoms with Gasteiger partial charge in [-0.25, -0.2) is 0 Å². The van der Waals surface area contributed by atoms with E-state index in [1.165, 1.54) is 0 Å². The molecule has 1 fully saturated rings. The Kier molecular flexibility index (Phi) is 4.02. The highest BCUT2D eigenvalue weighted by Gasteiger charge is 2.43. The van der Waals surface area contributed by atoms with Crippen molar-refractivity contribution in [1.82, 2.24) is 0 Å². The van der Waals surface area contributed by atoms with Crippen LogP contribution >= 0.6 is 0 Å². The van der Waals surface area contributed by atoms with Crippen LogP contribution in [0.25, 0.3) is 0 Å². The first kappa shape index (κ1) is 13.8. The largest absolute Gasteiger partial charge is 0.296 e. The third-order valence-electron chi connectivity index (χ3n) is 3.99. The Bertz CT molecular complexity index is 597. The summed E-state index contributed by atoms with van der Waals surface area (Å²) in [4.78, 5) is 18.5. The van der Waals surface area contributed by atoms with E-state index < -0.39 is 5.60 Å². The van der Waals surface area contributed by atoms with Gasteiger partial charge in [-0.2, -0.15) is 0 Å².